The molecule has 0 saturated heterocycles. The van der Waals surface area contributed by atoms with Gasteiger partial charge in [0.2, 0.25) is 5.91 Å². The maximum atomic E-state index is 12.3. The number of nitrogens with zero attached hydrogens (tertiary/aromatic N) is 1. The molecule has 0 saturated carbocycles. The van der Waals surface area contributed by atoms with Crippen LogP contribution >= 0.6 is 15.9 Å². The second-order valence-electron chi connectivity index (χ2n) is 4.89. The molecular weight excluding hydrogens is 290 g/mol. The van der Waals surface area contributed by atoms with Crippen LogP contribution in [0.3, 0.4) is 0 Å². The average molecular weight is 312 g/mol. The molecule has 3 heteroatoms. The zero-order valence-corrected chi connectivity index (χ0v) is 13.0. The fraction of sp³-hybridized carbons (Fsp3) is 0.533. The number of alkyl halides is 1. The van der Waals surface area contributed by atoms with Crippen LogP contribution in [0.2, 0.25) is 0 Å². The largest absolute Gasteiger partial charge is 0.340 e. The summed E-state index contributed by atoms with van der Waals surface area (Å²) < 4.78 is 0. The second-order valence-corrected chi connectivity index (χ2v) is 5.68. The molecule has 0 N–H and O–H groups in total. The van der Waals surface area contributed by atoms with Crippen LogP contribution < -0.4 is 0 Å². The minimum atomic E-state index is 0.219. The summed E-state index contributed by atoms with van der Waals surface area (Å²) in [6.07, 6.45) is 1.50. The summed E-state index contributed by atoms with van der Waals surface area (Å²) in [4.78, 5) is 14.2. The summed E-state index contributed by atoms with van der Waals surface area (Å²) in [6, 6.07) is 8.44. The van der Waals surface area contributed by atoms with E-state index in [0.717, 1.165) is 23.9 Å². The predicted octanol–water partition coefficient (Wildman–Crippen LogP) is 3.56. The van der Waals surface area contributed by atoms with Crippen LogP contribution in [-0.4, -0.2) is 28.7 Å². The monoisotopic (exact) mass is 311 g/mol. The molecule has 0 fully saturated rings. The molecule has 0 aliphatic carbocycles. The summed E-state index contributed by atoms with van der Waals surface area (Å²) in [5, 5.41) is 0.938. The highest BCUT2D eigenvalue weighted by molar-refractivity contribution is 9.09. The smallest absolute Gasteiger partial charge is 0.227 e. The SMILES string of the molecule is Cc1cccc(CC(=O)N(CCCBr)C(C)C)c1. The summed E-state index contributed by atoms with van der Waals surface area (Å²) in [6.45, 7) is 7.03. The zero-order valence-electron chi connectivity index (χ0n) is 11.4. The van der Waals surface area contributed by atoms with Gasteiger partial charge in [-0.2, -0.15) is 0 Å². The lowest BCUT2D eigenvalue weighted by Gasteiger charge is -2.26. The number of carbonyl (C=O) groups is 1. The van der Waals surface area contributed by atoms with Gasteiger partial charge in [-0.05, 0) is 32.8 Å². The third kappa shape index (κ3) is 4.81. The Hall–Kier alpha value is -0.830. The van der Waals surface area contributed by atoms with E-state index >= 15 is 0 Å². The van der Waals surface area contributed by atoms with Crippen molar-refractivity contribution in [2.24, 2.45) is 0 Å². The van der Waals surface area contributed by atoms with Crippen molar-refractivity contribution in [3.63, 3.8) is 0 Å². The molecular formula is C15H22BrNO. The maximum absolute atomic E-state index is 12.3. The van der Waals surface area contributed by atoms with Crippen molar-refractivity contribution in [3.05, 3.63) is 35.4 Å². The lowest BCUT2D eigenvalue weighted by molar-refractivity contribution is -0.132. The Morgan fingerprint density at radius 1 is 1.39 bits per heavy atom. The number of halogens is 1. The van der Waals surface area contributed by atoms with E-state index in [0.29, 0.717) is 6.42 Å². The highest BCUT2D eigenvalue weighted by Crippen LogP contribution is 2.09. The Morgan fingerprint density at radius 3 is 2.67 bits per heavy atom. The average Bonchev–Trinajstić information content (AvgIpc) is 2.29. The van der Waals surface area contributed by atoms with Crippen molar-refractivity contribution < 1.29 is 4.79 Å². The molecule has 1 aromatic rings. The number of hydrogen-bond donors (Lipinski definition) is 0. The van der Waals surface area contributed by atoms with Crippen molar-refractivity contribution in [1.29, 1.82) is 0 Å². The lowest BCUT2D eigenvalue weighted by Crippen LogP contribution is -2.38. The summed E-state index contributed by atoms with van der Waals surface area (Å²) in [5.41, 5.74) is 2.31. The second kappa shape index (κ2) is 7.57. The van der Waals surface area contributed by atoms with E-state index in [4.69, 9.17) is 0 Å². The third-order valence-electron chi connectivity index (χ3n) is 2.91. The molecule has 0 aromatic heterocycles. The van der Waals surface area contributed by atoms with Gasteiger partial charge in [0.25, 0.3) is 0 Å². The number of hydrogen-bond acceptors (Lipinski definition) is 1. The fourth-order valence-corrected chi connectivity index (χ4v) is 2.25. The van der Waals surface area contributed by atoms with E-state index < -0.39 is 0 Å². The minimum Gasteiger partial charge on any atom is -0.340 e. The topological polar surface area (TPSA) is 20.3 Å². The summed E-state index contributed by atoms with van der Waals surface area (Å²) in [5.74, 6) is 0.219. The number of rotatable bonds is 6. The van der Waals surface area contributed by atoms with E-state index in [1.165, 1.54) is 5.56 Å². The first-order chi connectivity index (χ1) is 8.54. The van der Waals surface area contributed by atoms with E-state index in [-0.39, 0.29) is 11.9 Å². The van der Waals surface area contributed by atoms with Crippen LogP contribution in [0.25, 0.3) is 0 Å². The van der Waals surface area contributed by atoms with Crippen molar-refractivity contribution in [1.82, 2.24) is 4.90 Å². The van der Waals surface area contributed by atoms with Crippen molar-refractivity contribution in [2.45, 2.75) is 39.7 Å². The summed E-state index contributed by atoms with van der Waals surface area (Å²) >= 11 is 3.41. The molecule has 0 heterocycles. The van der Waals surface area contributed by atoms with Crippen molar-refractivity contribution >= 4 is 21.8 Å². The Bertz CT molecular complexity index is 390. The van der Waals surface area contributed by atoms with Gasteiger partial charge in [0.1, 0.15) is 0 Å². The van der Waals surface area contributed by atoms with Crippen molar-refractivity contribution in [2.75, 3.05) is 11.9 Å². The molecule has 1 aromatic carbocycles. The molecule has 18 heavy (non-hydrogen) atoms. The molecule has 0 bridgehead atoms. The van der Waals surface area contributed by atoms with E-state index in [9.17, 15) is 4.79 Å². The normalized spacial score (nSPS) is 10.7. The molecule has 1 rings (SSSR count). The fourth-order valence-electron chi connectivity index (χ4n) is 2.00. The Balaban J connectivity index is 2.66. The van der Waals surface area contributed by atoms with E-state index in [2.05, 4.69) is 48.8 Å². The highest BCUT2D eigenvalue weighted by Gasteiger charge is 2.16. The van der Waals surface area contributed by atoms with Gasteiger partial charge >= 0.3 is 0 Å². The van der Waals surface area contributed by atoms with Crippen LogP contribution in [0.4, 0.5) is 0 Å². The number of amides is 1. The quantitative estimate of drug-likeness (QED) is 0.736. The number of aryl methyl sites for hydroxylation is 1. The molecule has 0 aliphatic heterocycles. The first-order valence-electron chi connectivity index (χ1n) is 6.45. The van der Waals surface area contributed by atoms with E-state index in [1.807, 2.05) is 17.0 Å². The van der Waals surface area contributed by atoms with Gasteiger partial charge in [0.05, 0.1) is 6.42 Å². The van der Waals surface area contributed by atoms with Crippen LogP contribution in [0.15, 0.2) is 24.3 Å². The molecule has 0 aliphatic rings. The van der Waals surface area contributed by atoms with Crippen molar-refractivity contribution in [3.8, 4) is 0 Å². The predicted molar refractivity (Wildman–Crippen MR) is 80.1 cm³/mol. The zero-order chi connectivity index (χ0) is 13.5. The van der Waals surface area contributed by atoms with Crippen LogP contribution in [0.5, 0.6) is 0 Å². The third-order valence-corrected chi connectivity index (χ3v) is 3.47. The molecule has 0 radical (unpaired) electrons. The standard InChI is InChI=1S/C15H22BrNO/c1-12(2)17(9-5-8-16)15(18)11-14-7-4-6-13(3)10-14/h4,6-7,10,12H,5,8-9,11H2,1-3H3. The number of carbonyl (C=O) groups excluding carboxylic acids is 1. The van der Waals surface area contributed by atoms with Gasteiger partial charge in [-0.3, -0.25) is 4.79 Å². The highest BCUT2D eigenvalue weighted by atomic mass is 79.9. The molecule has 1 amide bonds. The van der Waals surface area contributed by atoms with Crippen LogP contribution in [-0.2, 0) is 11.2 Å². The first kappa shape index (κ1) is 15.2. The molecule has 100 valence electrons. The van der Waals surface area contributed by atoms with Gasteiger partial charge < -0.3 is 4.90 Å². The first-order valence-corrected chi connectivity index (χ1v) is 7.57. The minimum absolute atomic E-state index is 0.219. The summed E-state index contributed by atoms with van der Waals surface area (Å²) in [7, 11) is 0. The van der Waals surface area contributed by atoms with Crippen LogP contribution in [0.1, 0.15) is 31.4 Å². The molecule has 0 atom stereocenters. The van der Waals surface area contributed by atoms with Gasteiger partial charge in [0, 0.05) is 17.9 Å². The van der Waals surface area contributed by atoms with Gasteiger partial charge in [-0.25, -0.2) is 0 Å². The number of benzene rings is 1. The molecule has 2 nitrogen and oxygen atoms in total. The molecule has 0 spiro atoms. The maximum Gasteiger partial charge on any atom is 0.227 e. The Morgan fingerprint density at radius 2 is 2.11 bits per heavy atom. The van der Waals surface area contributed by atoms with E-state index in [1.54, 1.807) is 0 Å². The molecule has 0 unspecified atom stereocenters. The Kier molecular flexibility index (Phi) is 6.41. The van der Waals surface area contributed by atoms with Gasteiger partial charge in [-0.15, -0.1) is 0 Å². The van der Waals surface area contributed by atoms with Gasteiger partial charge in [-0.1, -0.05) is 45.8 Å². The van der Waals surface area contributed by atoms with Crippen LogP contribution in [0, 0.1) is 6.92 Å². The van der Waals surface area contributed by atoms with Gasteiger partial charge in [0.15, 0.2) is 0 Å². The Labute approximate surface area is 119 Å². The lowest BCUT2D eigenvalue weighted by atomic mass is 10.1.